The number of hydrogen-bond donors (Lipinski definition) is 0. The topological polar surface area (TPSA) is 87.5 Å². The van der Waals surface area contributed by atoms with E-state index >= 15 is 0 Å². The fourth-order valence-corrected chi connectivity index (χ4v) is 11.1. The fraction of sp³-hybridized carbons (Fsp3) is 0.778. The fourth-order valence-electron chi connectivity index (χ4n) is 11.1. The Kier molecular flexibility index (Phi) is 7.01. The van der Waals surface area contributed by atoms with Gasteiger partial charge in [-0.05, 0) is 90.9 Å². The Morgan fingerprint density at radius 2 is 1.71 bits per heavy atom. The number of fused-ring (bicyclic) bond motifs is 7. The van der Waals surface area contributed by atoms with Crippen LogP contribution in [0.1, 0.15) is 99.3 Å². The molecule has 228 valence electrons. The Bertz CT molecular complexity index is 1300. The summed E-state index contributed by atoms with van der Waals surface area (Å²) in [5.41, 5.74) is 0.730. The van der Waals surface area contributed by atoms with E-state index in [4.69, 9.17) is 4.74 Å². The van der Waals surface area contributed by atoms with Gasteiger partial charge >= 0.3 is 0 Å². The van der Waals surface area contributed by atoms with Gasteiger partial charge in [0.25, 0.3) is 0 Å². The number of carbonyl (C=O) groups excluding carboxylic acids is 3. The van der Waals surface area contributed by atoms with Crippen molar-refractivity contribution in [1.29, 1.82) is 5.26 Å². The van der Waals surface area contributed by atoms with Crippen molar-refractivity contribution in [1.82, 2.24) is 4.90 Å². The Hall–Kier alpha value is -2.26. The molecule has 0 radical (unpaired) electrons. The summed E-state index contributed by atoms with van der Waals surface area (Å²) in [5, 5.41) is 9.86. The van der Waals surface area contributed by atoms with Gasteiger partial charge in [0.1, 0.15) is 6.07 Å². The Balaban J connectivity index is 1.39. The van der Waals surface area contributed by atoms with Crippen LogP contribution in [-0.4, -0.2) is 48.7 Å². The van der Waals surface area contributed by atoms with Gasteiger partial charge in [-0.15, -0.1) is 0 Å². The predicted molar refractivity (Wildman–Crippen MR) is 161 cm³/mol. The second-order valence-electron chi connectivity index (χ2n) is 16.3. The van der Waals surface area contributed by atoms with Gasteiger partial charge in [0.2, 0.25) is 5.91 Å². The molecule has 4 fully saturated rings. The first kappa shape index (κ1) is 29.8. The third-order valence-corrected chi connectivity index (χ3v) is 13.9. The molecule has 8 atom stereocenters. The van der Waals surface area contributed by atoms with Gasteiger partial charge in [-0.1, -0.05) is 53.2 Å². The lowest BCUT2D eigenvalue weighted by Gasteiger charge is -2.69. The van der Waals surface area contributed by atoms with Crippen LogP contribution >= 0.6 is 0 Å². The second kappa shape index (κ2) is 9.88. The van der Waals surface area contributed by atoms with Gasteiger partial charge in [-0.25, -0.2) is 0 Å². The van der Waals surface area contributed by atoms with E-state index < -0.39 is 5.41 Å². The second-order valence-corrected chi connectivity index (χ2v) is 16.3. The lowest BCUT2D eigenvalue weighted by molar-refractivity contribution is -0.172. The molecular weight excluding hydrogens is 524 g/mol. The van der Waals surface area contributed by atoms with Crippen LogP contribution in [0.15, 0.2) is 23.3 Å². The molecule has 0 bridgehead atoms. The first-order chi connectivity index (χ1) is 19.7. The molecule has 1 unspecified atom stereocenters. The monoisotopic (exact) mass is 574 g/mol. The van der Waals surface area contributed by atoms with Crippen molar-refractivity contribution in [3.8, 4) is 6.07 Å². The van der Waals surface area contributed by atoms with E-state index in [1.54, 1.807) is 0 Å². The summed E-state index contributed by atoms with van der Waals surface area (Å²) in [5.74, 6) is 0.506. The van der Waals surface area contributed by atoms with E-state index in [1.807, 2.05) is 24.0 Å². The van der Waals surface area contributed by atoms with Crippen molar-refractivity contribution >= 4 is 17.5 Å². The van der Waals surface area contributed by atoms with Crippen molar-refractivity contribution in [2.45, 2.75) is 99.3 Å². The van der Waals surface area contributed by atoms with Crippen molar-refractivity contribution in [2.24, 2.45) is 50.7 Å². The molecule has 6 rings (SSSR count). The summed E-state index contributed by atoms with van der Waals surface area (Å²) in [6.45, 7) is 16.3. The summed E-state index contributed by atoms with van der Waals surface area (Å²) in [6.07, 6.45) is 12.5. The van der Waals surface area contributed by atoms with Gasteiger partial charge in [0.15, 0.2) is 11.6 Å². The van der Waals surface area contributed by atoms with Crippen LogP contribution in [0.5, 0.6) is 0 Å². The number of amides is 1. The first-order valence-electron chi connectivity index (χ1n) is 16.5. The van der Waals surface area contributed by atoms with E-state index in [1.165, 1.54) is 0 Å². The number of allylic oxidation sites excluding steroid dienone is 4. The van der Waals surface area contributed by atoms with Gasteiger partial charge in [0, 0.05) is 36.8 Å². The third-order valence-electron chi connectivity index (χ3n) is 13.9. The quantitative estimate of drug-likeness (QED) is 0.386. The summed E-state index contributed by atoms with van der Waals surface area (Å²) in [4.78, 5) is 42.9. The van der Waals surface area contributed by atoms with E-state index in [-0.39, 0.29) is 68.4 Å². The smallest absolute Gasteiger partial charge is 0.222 e. The Morgan fingerprint density at radius 3 is 2.40 bits per heavy atom. The van der Waals surface area contributed by atoms with Crippen LogP contribution in [0.2, 0.25) is 0 Å². The zero-order valence-electron chi connectivity index (χ0n) is 26.7. The lowest BCUT2D eigenvalue weighted by atomic mass is 9.34. The molecule has 6 nitrogen and oxygen atoms in total. The standard InChI is InChI=1S/C36H50N2O4/c1-23-25-7-9-34(5)28(33(25,4)20-24(22-37)31(23)41)19-27(39)30-26-21-32(2,3)11-13-36(26,14-12-35(30,34)6)10-8-29(40)38-15-17-42-18-16-38/h19-20,23,25-26,30H,7-18,21H2,1-6H3/t23-,25-,26+,30?,33-,34+,35+,36+/m0/s1. The minimum Gasteiger partial charge on any atom is -0.378 e. The molecule has 1 amide bonds. The first-order valence-corrected chi connectivity index (χ1v) is 16.5. The number of nitriles is 1. The van der Waals surface area contributed by atoms with Crippen LogP contribution in [-0.2, 0) is 19.1 Å². The molecule has 0 N–H and O–H groups in total. The summed E-state index contributed by atoms with van der Waals surface area (Å²) < 4.78 is 5.48. The molecule has 5 aliphatic carbocycles. The van der Waals surface area contributed by atoms with E-state index in [2.05, 4.69) is 40.7 Å². The van der Waals surface area contributed by atoms with Crippen LogP contribution < -0.4 is 0 Å². The van der Waals surface area contributed by atoms with E-state index in [9.17, 15) is 19.6 Å². The summed E-state index contributed by atoms with van der Waals surface area (Å²) >= 11 is 0. The average Bonchev–Trinajstić information content (AvgIpc) is 2.95. The molecule has 3 saturated carbocycles. The zero-order valence-corrected chi connectivity index (χ0v) is 26.7. The molecule has 6 aliphatic rings. The largest absolute Gasteiger partial charge is 0.378 e. The normalized spacial score (nSPS) is 44.5. The molecule has 6 heteroatoms. The Morgan fingerprint density at radius 1 is 1.02 bits per heavy atom. The highest BCUT2D eigenvalue weighted by Gasteiger charge is 2.68. The highest BCUT2D eigenvalue weighted by molar-refractivity contribution is 6.02. The van der Waals surface area contributed by atoms with Crippen LogP contribution in [0.4, 0.5) is 0 Å². The number of nitrogens with zero attached hydrogens (tertiary/aromatic N) is 2. The maximum absolute atomic E-state index is 14.6. The highest BCUT2D eigenvalue weighted by Crippen LogP contribution is 2.74. The molecule has 42 heavy (non-hydrogen) atoms. The number of Topliss-reactive ketones (excluding diaryl/α,β-unsaturated/α-hetero) is 1. The molecule has 1 saturated heterocycles. The van der Waals surface area contributed by atoms with Gasteiger partial charge in [-0.2, -0.15) is 5.26 Å². The van der Waals surface area contributed by atoms with Crippen molar-refractivity contribution in [2.75, 3.05) is 26.3 Å². The number of ketones is 2. The minimum atomic E-state index is -0.472. The molecular formula is C36H50N2O4. The molecule has 0 aromatic rings. The molecule has 0 spiro atoms. The number of ether oxygens (including phenoxy) is 1. The van der Waals surface area contributed by atoms with E-state index in [0.29, 0.717) is 32.7 Å². The number of rotatable bonds is 3. The molecule has 1 aliphatic heterocycles. The van der Waals surface area contributed by atoms with Crippen LogP contribution in [0.3, 0.4) is 0 Å². The predicted octanol–water partition coefficient (Wildman–Crippen LogP) is 6.45. The minimum absolute atomic E-state index is 0.0137. The van der Waals surface area contributed by atoms with E-state index in [0.717, 1.165) is 56.9 Å². The van der Waals surface area contributed by atoms with Crippen molar-refractivity contribution in [3.05, 3.63) is 23.3 Å². The highest BCUT2D eigenvalue weighted by atomic mass is 16.5. The molecule has 0 aromatic carbocycles. The van der Waals surface area contributed by atoms with Gasteiger partial charge in [0.05, 0.1) is 18.8 Å². The maximum Gasteiger partial charge on any atom is 0.222 e. The number of carbonyl (C=O) groups is 3. The zero-order chi connectivity index (χ0) is 30.3. The summed E-state index contributed by atoms with van der Waals surface area (Å²) in [7, 11) is 0. The summed E-state index contributed by atoms with van der Waals surface area (Å²) in [6, 6.07) is 2.19. The Labute approximate surface area is 252 Å². The van der Waals surface area contributed by atoms with Gasteiger partial charge in [-0.3, -0.25) is 14.4 Å². The van der Waals surface area contributed by atoms with Crippen LogP contribution in [0.25, 0.3) is 0 Å². The van der Waals surface area contributed by atoms with Gasteiger partial charge < -0.3 is 9.64 Å². The molecule has 1 heterocycles. The third kappa shape index (κ3) is 4.15. The van der Waals surface area contributed by atoms with Crippen molar-refractivity contribution < 1.29 is 19.1 Å². The lowest BCUT2D eigenvalue weighted by Crippen LogP contribution is -2.64. The molecule has 0 aromatic heterocycles. The van der Waals surface area contributed by atoms with Crippen LogP contribution in [0, 0.1) is 62.1 Å². The van der Waals surface area contributed by atoms with Crippen molar-refractivity contribution in [3.63, 3.8) is 0 Å². The maximum atomic E-state index is 14.6. The number of morpholine rings is 1. The average molecular weight is 575 g/mol. The SMILES string of the molecule is C[C@@H]1C(=O)C(C#N)=C[C@]2(C)C3=CC(=O)C4[C@H]5CC(C)(C)CC[C@]5(CCC(=O)N5CCOCC5)CC[C@@]4(C)[C@]3(C)CC[C@@H]12. The number of hydrogen-bond acceptors (Lipinski definition) is 5.